The van der Waals surface area contributed by atoms with E-state index in [1.165, 1.54) is 7.11 Å². The standard InChI is InChI=1S/C18H29ClN2O3/c1-6-7-8-24-16-14(19)9-13(10-15(16)23-5)17(22)21(4)12-18(2,3)11-20/h9-10H,6-8,11-12,20H2,1-5H3. The molecule has 0 aliphatic carbocycles. The molecule has 0 bridgehead atoms. The second-order valence-corrected chi connectivity index (χ2v) is 7.13. The Labute approximate surface area is 150 Å². The van der Waals surface area contributed by atoms with Crippen molar-refractivity contribution in [3.05, 3.63) is 22.7 Å². The molecule has 1 aromatic carbocycles. The van der Waals surface area contributed by atoms with Crippen molar-refractivity contribution in [3.63, 3.8) is 0 Å². The molecule has 1 rings (SSSR count). The summed E-state index contributed by atoms with van der Waals surface area (Å²) in [5.41, 5.74) is 6.06. The maximum atomic E-state index is 12.7. The van der Waals surface area contributed by atoms with Gasteiger partial charge in [0.2, 0.25) is 0 Å². The fraction of sp³-hybridized carbons (Fsp3) is 0.611. The van der Waals surface area contributed by atoms with E-state index in [2.05, 4.69) is 6.92 Å². The van der Waals surface area contributed by atoms with Gasteiger partial charge in [-0.15, -0.1) is 0 Å². The van der Waals surface area contributed by atoms with E-state index >= 15 is 0 Å². The van der Waals surface area contributed by atoms with E-state index in [9.17, 15) is 4.79 Å². The molecule has 0 aliphatic heterocycles. The van der Waals surface area contributed by atoms with Gasteiger partial charge in [0, 0.05) is 19.2 Å². The number of benzene rings is 1. The quantitative estimate of drug-likeness (QED) is 0.687. The van der Waals surface area contributed by atoms with Crippen LogP contribution >= 0.6 is 11.6 Å². The lowest BCUT2D eigenvalue weighted by Gasteiger charge is -2.29. The highest BCUT2D eigenvalue weighted by Gasteiger charge is 2.23. The van der Waals surface area contributed by atoms with Crippen molar-refractivity contribution in [3.8, 4) is 11.5 Å². The predicted molar refractivity (Wildman–Crippen MR) is 98.2 cm³/mol. The number of methoxy groups -OCH3 is 1. The van der Waals surface area contributed by atoms with Gasteiger partial charge in [0.25, 0.3) is 5.91 Å². The summed E-state index contributed by atoms with van der Waals surface area (Å²) in [5, 5.41) is 0.375. The summed E-state index contributed by atoms with van der Waals surface area (Å²) in [5.74, 6) is 0.819. The SMILES string of the molecule is CCCCOc1c(Cl)cc(C(=O)N(C)CC(C)(C)CN)cc1OC. The van der Waals surface area contributed by atoms with Crippen LogP contribution in [0.2, 0.25) is 5.02 Å². The largest absolute Gasteiger partial charge is 0.493 e. The summed E-state index contributed by atoms with van der Waals surface area (Å²) in [6, 6.07) is 3.29. The Morgan fingerprint density at radius 2 is 2.04 bits per heavy atom. The lowest BCUT2D eigenvalue weighted by Crippen LogP contribution is -2.39. The minimum absolute atomic E-state index is 0.128. The fourth-order valence-electron chi connectivity index (χ4n) is 2.30. The van der Waals surface area contributed by atoms with Gasteiger partial charge in [-0.25, -0.2) is 0 Å². The molecule has 5 nitrogen and oxygen atoms in total. The van der Waals surface area contributed by atoms with Crippen LogP contribution in [0.5, 0.6) is 11.5 Å². The van der Waals surface area contributed by atoms with Crippen molar-refractivity contribution in [1.29, 1.82) is 0 Å². The first-order valence-corrected chi connectivity index (χ1v) is 8.59. The van der Waals surface area contributed by atoms with Crippen LogP contribution in [0.3, 0.4) is 0 Å². The third kappa shape index (κ3) is 5.56. The topological polar surface area (TPSA) is 64.8 Å². The van der Waals surface area contributed by atoms with Crippen molar-refractivity contribution in [2.45, 2.75) is 33.6 Å². The number of nitrogens with two attached hydrogens (primary N) is 1. The van der Waals surface area contributed by atoms with Crippen LogP contribution in [0.25, 0.3) is 0 Å². The lowest BCUT2D eigenvalue weighted by atomic mass is 9.93. The van der Waals surface area contributed by atoms with Gasteiger partial charge in [-0.05, 0) is 30.5 Å². The van der Waals surface area contributed by atoms with Gasteiger partial charge in [0.1, 0.15) is 0 Å². The van der Waals surface area contributed by atoms with Gasteiger partial charge in [-0.2, -0.15) is 0 Å². The predicted octanol–water partition coefficient (Wildman–Crippen LogP) is 3.58. The molecule has 0 fully saturated rings. The smallest absolute Gasteiger partial charge is 0.253 e. The van der Waals surface area contributed by atoms with Crippen molar-refractivity contribution < 1.29 is 14.3 Å². The second kappa shape index (κ2) is 9.14. The van der Waals surface area contributed by atoms with Gasteiger partial charge in [-0.3, -0.25) is 4.79 Å². The molecule has 1 amide bonds. The molecule has 6 heteroatoms. The number of hydrogen-bond donors (Lipinski definition) is 1. The Morgan fingerprint density at radius 3 is 2.58 bits per heavy atom. The molecule has 1 aromatic rings. The Hall–Kier alpha value is -1.46. The molecule has 0 saturated heterocycles. The Bertz CT molecular complexity index is 561. The molecule has 0 heterocycles. The van der Waals surface area contributed by atoms with E-state index in [1.807, 2.05) is 13.8 Å². The van der Waals surface area contributed by atoms with E-state index in [-0.39, 0.29) is 11.3 Å². The van der Waals surface area contributed by atoms with Crippen LogP contribution < -0.4 is 15.2 Å². The van der Waals surface area contributed by atoms with Gasteiger partial charge < -0.3 is 20.1 Å². The Morgan fingerprint density at radius 1 is 1.38 bits per heavy atom. The maximum absolute atomic E-state index is 12.7. The number of hydrogen-bond acceptors (Lipinski definition) is 4. The summed E-state index contributed by atoms with van der Waals surface area (Å²) in [6.45, 7) is 7.74. The molecule has 136 valence electrons. The average molecular weight is 357 g/mol. The summed E-state index contributed by atoms with van der Waals surface area (Å²) in [7, 11) is 3.29. The van der Waals surface area contributed by atoms with E-state index in [0.29, 0.717) is 41.8 Å². The number of unbranched alkanes of at least 4 members (excludes halogenated alkanes) is 1. The van der Waals surface area contributed by atoms with Crippen LogP contribution in [-0.4, -0.2) is 44.7 Å². The number of halogens is 1. The first kappa shape index (κ1) is 20.6. The average Bonchev–Trinajstić information content (AvgIpc) is 2.54. The molecule has 0 aliphatic rings. The number of carbonyl (C=O) groups is 1. The molecular weight excluding hydrogens is 328 g/mol. The fourth-order valence-corrected chi connectivity index (χ4v) is 2.57. The molecular formula is C18H29ClN2O3. The first-order chi connectivity index (χ1) is 11.3. The molecule has 2 N–H and O–H groups in total. The summed E-state index contributed by atoms with van der Waals surface area (Å²) in [4.78, 5) is 14.3. The first-order valence-electron chi connectivity index (χ1n) is 8.21. The van der Waals surface area contributed by atoms with Crippen molar-refractivity contribution in [1.82, 2.24) is 4.90 Å². The Kier molecular flexibility index (Phi) is 7.84. The second-order valence-electron chi connectivity index (χ2n) is 6.72. The number of nitrogens with zero attached hydrogens (tertiary/aromatic N) is 1. The van der Waals surface area contributed by atoms with E-state index in [0.717, 1.165) is 12.8 Å². The summed E-state index contributed by atoms with van der Waals surface area (Å²) >= 11 is 6.31. The third-order valence-electron chi connectivity index (χ3n) is 3.79. The number of ether oxygens (including phenoxy) is 2. The van der Waals surface area contributed by atoms with Crippen LogP contribution in [0.1, 0.15) is 44.0 Å². The minimum atomic E-state index is -0.151. The highest BCUT2D eigenvalue weighted by molar-refractivity contribution is 6.32. The van der Waals surface area contributed by atoms with Crippen LogP contribution in [0.4, 0.5) is 0 Å². The molecule has 0 spiro atoms. The van der Waals surface area contributed by atoms with Crippen LogP contribution in [0, 0.1) is 5.41 Å². The highest BCUT2D eigenvalue weighted by Crippen LogP contribution is 2.37. The maximum Gasteiger partial charge on any atom is 0.253 e. The molecule has 0 radical (unpaired) electrons. The zero-order chi connectivity index (χ0) is 18.3. The van der Waals surface area contributed by atoms with Gasteiger partial charge in [0.05, 0.1) is 18.7 Å². The number of amides is 1. The lowest BCUT2D eigenvalue weighted by molar-refractivity contribution is 0.0740. The zero-order valence-electron chi connectivity index (χ0n) is 15.3. The van der Waals surface area contributed by atoms with Crippen LogP contribution in [0.15, 0.2) is 12.1 Å². The Balaban J connectivity index is 3.00. The van der Waals surface area contributed by atoms with Gasteiger partial charge in [-0.1, -0.05) is 38.8 Å². The third-order valence-corrected chi connectivity index (χ3v) is 4.07. The van der Waals surface area contributed by atoms with E-state index in [1.54, 1.807) is 24.1 Å². The zero-order valence-corrected chi connectivity index (χ0v) is 16.1. The monoisotopic (exact) mass is 356 g/mol. The van der Waals surface area contributed by atoms with Crippen molar-refractivity contribution in [2.24, 2.45) is 11.1 Å². The summed E-state index contributed by atoms with van der Waals surface area (Å²) < 4.78 is 11.0. The number of carbonyl (C=O) groups excluding carboxylic acids is 1. The molecule has 0 atom stereocenters. The number of rotatable bonds is 9. The molecule has 0 saturated carbocycles. The minimum Gasteiger partial charge on any atom is -0.493 e. The van der Waals surface area contributed by atoms with Crippen LogP contribution in [-0.2, 0) is 0 Å². The normalized spacial score (nSPS) is 11.3. The highest BCUT2D eigenvalue weighted by atomic mass is 35.5. The van der Waals surface area contributed by atoms with Crippen molar-refractivity contribution >= 4 is 17.5 Å². The molecule has 0 aromatic heterocycles. The molecule has 0 unspecified atom stereocenters. The summed E-state index contributed by atoms with van der Waals surface area (Å²) in [6.07, 6.45) is 1.95. The molecule has 24 heavy (non-hydrogen) atoms. The van der Waals surface area contributed by atoms with Gasteiger partial charge in [0.15, 0.2) is 11.5 Å². The van der Waals surface area contributed by atoms with E-state index in [4.69, 9.17) is 26.8 Å². The van der Waals surface area contributed by atoms with Crippen molar-refractivity contribution in [2.75, 3.05) is 33.9 Å². The van der Waals surface area contributed by atoms with Gasteiger partial charge >= 0.3 is 0 Å². The van der Waals surface area contributed by atoms with E-state index < -0.39 is 0 Å².